The lowest BCUT2D eigenvalue weighted by molar-refractivity contribution is 0.0810. The summed E-state index contributed by atoms with van der Waals surface area (Å²) >= 11 is 0. The number of aromatic nitrogens is 1. The van der Waals surface area contributed by atoms with E-state index in [1.165, 1.54) is 24.9 Å². The fraction of sp³-hybridized carbons (Fsp3) is 0.571. The van der Waals surface area contributed by atoms with Crippen LogP contribution < -0.4 is 11.1 Å². The predicted octanol–water partition coefficient (Wildman–Crippen LogP) is 1.42. The molecular weight excluding hydrogens is 242 g/mol. The van der Waals surface area contributed by atoms with Gasteiger partial charge in [0.1, 0.15) is 5.75 Å². The number of nitrogens with zero attached hydrogens (tertiary/aromatic N) is 1. The maximum Gasteiger partial charge on any atom is 0.255 e. The second kappa shape index (κ2) is 5.57. The zero-order valence-electron chi connectivity index (χ0n) is 11.2. The molecule has 1 fully saturated rings. The zero-order chi connectivity index (χ0) is 13.9. The maximum atomic E-state index is 12.3. The Morgan fingerprint density at radius 3 is 3.05 bits per heavy atom. The van der Waals surface area contributed by atoms with Crippen molar-refractivity contribution in [2.75, 3.05) is 6.54 Å². The number of carbonyl (C=O) groups excluding carboxylic acids is 1. The third-order valence-corrected chi connectivity index (χ3v) is 4.22. The van der Waals surface area contributed by atoms with Gasteiger partial charge in [0.05, 0.1) is 17.3 Å². The molecule has 5 nitrogen and oxygen atoms in total. The summed E-state index contributed by atoms with van der Waals surface area (Å²) in [4.78, 5) is 16.1. The van der Waals surface area contributed by atoms with E-state index in [1.807, 2.05) is 0 Å². The summed E-state index contributed by atoms with van der Waals surface area (Å²) in [7, 11) is 0. The first kappa shape index (κ1) is 13.8. The molecule has 2 unspecified atom stereocenters. The maximum absolute atomic E-state index is 12.3. The second-order valence-corrected chi connectivity index (χ2v) is 5.35. The molecule has 0 aliphatic heterocycles. The first-order valence-electron chi connectivity index (χ1n) is 6.74. The van der Waals surface area contributed by atoms with Crippen LogP contribution >= 0.6 is 0 Å². The highest BCUT2D eigenvalue weighted by molar-refractivity contribution is 5.97. The molecule has 1 aromatic rings. The van der Waals surface area contributed by atoms with Crippen LogP contribution in [0.15, 0.2) is 18.5 Å². The lowest BCUT2D eigenvalue weighted by Gasteiger charge is -2.42. The first-order chi connectivity index (χ1) is 9.09. The van der Waals surface area contributed by atoms with E-state index in [9.17, 15) is 9.90 Å². The van der Waals surface area contributed by atoms with Gasteiger partial charge >= 0.3 is 0 Å². The number of nitrogens with two attached hydrogens (primary N) is 1. The van der Waals surface area contributed by atoms with Crippen LogP contribution in [0.4, 0.5) is 0 Å². The Balaban J connectivity index is 2.19. The molecule has 5 heteroatoms. The van der Waals surface area contributed by atoms with Gasteiger partial charge in [-0.25, -0.2) is 0 Å². The van der Waals surface area contributed by atoms with E-state index < -0.39 is 0 Å². The van der Waals surface area contributed by atoms with Crippen LogP contribution in [0.1, 0.15) is 43.0 Å². The average Bonchev–Trinajstić information content (AvgIpc) is 2.42. The van der Waals surface area contributed by atoms with Crippen LogP contribution in [-0.2, 0) is 0 Å². The van der Waals surface area contributed by atoms with Gasteiger partial charge in [0.15, 0.2) is 0 Å². The van der Waals surface area contributed by atoms with Crippen molar-refractivity contribution in [2.45, 2.75) is 38.1 Å². The number of amides is 1. The minimum absolute atomic E-state index is 0.101. The number of carbonyl (C=O) groups is 1. The smallest absolute Gasteiger partial charge is 0.255 e. The van der Waals surface area contributed by atoms with Crippen molar-refractivity contribution in [1.29, 1.82) is 0 Å². The van der Waals surface area contributed by atoms with Gasteiger partial charge in [-0.15, -0.1) is 0 Å². The number of hydrogen-bond acceptors (Lipinski definition) is 4. The summed E-state index contributed by atoms with van der Waals surface area (Å²) < 4.78 is 0. The van der Waals surface area contributed by atoms with Crippen LogP contribution in [0.25, 0.3) is 0 Å². The molecule has 2 atom stereocenters. The summed E-state index contributed by atoms with van der Waals surface area (Å²) in [5.74, 6) is -0.0334. The fourth-order valence-corrected chi connectivity index (χ4v) is 2.83. The molecule has 0 radical (unpaired) electrons. The summed E-state index contributed by atoms with van der Waals surface area (Å²) in [5.41, 5.74) is 5.80. The Kier molecular flexibility index (Phi) is 4.04. The van der Waals surface area contributed by atoms with E-state index in [1.54, 1.807) is 0 Å². The van der Waals surface area contributed by atoms with E-state index in [-0.39, 0.29) is 22.8 Å². The van der Waals surface area contributed by atoms with Crippen molar-refractivity contribution >= 4 is 5.91 Å². The third kappa shape index (κ3) is 2.71. The normalized spacial score (nSPS) is 26.9. The SMILES string of the molecule is CC1CCCCC1(CN)NC(=O)c1ccncc1O. The Morgan fingerprint density at radius 1 is 1.63 bits per heavy atom. The van der Waals surface area contributed by atoms with Crippen molar-refractivity contribution in [2.24, 2.45) is 11.7 Å². The van der Waals surface area contributed by atoms with Crippen molar-refractivity contribution < 1.29 is 9.90 Å². The minimum Gasteiger partial charge on any atom is -0.505 e. The largest absolute Gasteiger partial charge is 0.505 e. The van der Waals surface area contributed by atoms with Crippen LogP contribution in [0.2, 0.25) is 0 Å². The van der Waals surface area contributed by atoms with E-state index in [4.69, 9.17) is 5.73 Å². The van der Waals surface area contributed by atoms with Gasteiger partial charge in [0.2, 0.25) is 0 Å². The van der Waals surface area contributed by atoms with Crippen LogP contribution in [0, 0.1) is 5.92 Å². The number of rotatable bonds is 3. The topological polar surface area (TPSA) is 88.2 Å². The van der Waals surface area contributed by atoms with Gasteiger partial charge in [0.25, 0.3) is 5.91 Å². The first-order valence-corrected chi connectivity index (χ1v) is 6.74. The predicted molar refractivity (Wildman–Crippen MR) is 72.8 cm³/mol. The summed E-state index contributed by atoms with van der Waals surface area (Å²) in [6.45, 7) is 2.55. The Bertz CT molecular complexity index is 464. The molecule has 0 aromatic carbocycles. The molecule has 0 bridgehead atoms. The van der Waals surface area contributed by atoms with E-state index in [0.717, 1.165) is 19.3 Å². The molecule has 0 spiro atoms. The van der Waals surface area contributed by atoms with Gasteiger partial charge in [0, 0.05) is 12.7 Å². The summed E-state index contributed by atoms with van der Waals surface area (Å²) in [5, 5.41) is 12.7. The molecule has 104 valence electrons. The Hall–Kier alpha value is -1.62. The highest BCUT2D eigenvalue weighted by Gasteiger charge is 2.38. The molecule has 4 N–H and O–H groups in total. The molecule has 1 amide bonds. The fourth-order valence-electron chi connectivity index (χ4n) is 2.83. The molecule has 0 saturated heterocycles. The molecule has 1 aromatic heterocycles. The molecular formula is C14H21N3O2. The van der Waals surface area contributed by atoms with Crippen molar-refractivity contribution in [3.05, 3.63) is 24.0 Å². The van der Waals surface area contributed by atoms with Gasteiger partial charge in [-0.3, -0.25) is 9.78 Å². The third-order valence-electron chi connectivity index (χ3n) is 4.22. The van der Waals surface area contributed by atoms with Gasteiger partial charge in [-0.2, -0.15) is 0 Å². The lowest BCUT2D eigenvalue weighted by atomic mass is 9.73. The summed E-state index contributed by atoms with van der Waals surface area (Å²) in [6, 6.07) is 1.52. The van der Waals surface area contributed by atoms with Gasteiger partial charge < -0.3 is 16.2 Å². The highest BCUT2D eigenvalue weighted by atomic mass is 16.3. The van der Waals surface area contributed by atoms with Crippen molar-refractivity contribution in [3.63, 3.8) is 0 Å². The van der Waals surface area contributed by atoms with Gasteiger partial charge in [-0.1, -0.05) is 19.8 Å². The van der Waals surface area contributed by atoms with Crippen LogP contribution in [0.5, 0.6) is 5.75 Å². The monoisotopic (exact) mass is 263 g/mol. The highest BCUT2D eigenvalue weighted by Crippen LogP contribution is 2.33. The molecule has 1 heterocycles. The molecule has 1 aliphatic rings. The van der Waals surface area contributed by atoms with Crippen molar-refractivity contribution in [1.82, 2.24) is 10.3 Å². The lowest BCUT2D eigenvalue weighted by Crippen LogP contribution is -2.59. The number of hydrogen-bond donors (Lipinski definition) is 3. The van der Waals surface area contributed by atoms with E-state index in [2.05, 4.69) is 17.2 Å². The Morgan fingerprint density at radius 2 is 2.42 bits per heavy atom. The van der Waals surface area contributed by atoms with Gasteiger partial charge in [-0.05, 0) is 24.8 Å². The molecule has 19 heavy (non-hydrogen) atoms. The second-order valence-electron chi connectivity index (χ2n) is 5.35. The number of nitrogens with one attached hydrogen (secondary N) is 1. The van der Waals surface area contributed by atoms with E-state index >= 15 is 0 Å². The Labute approximate surface area is 113 Å². The number of pyridine rings is 1. The van der Waals surface area contributed by atoms with E-state index in [0.29, 0.717) is 12.5 Å². The van der Waals surface area contributed by atoms with Crippen molar-refractivity contribution in [3.8, 4) is 5.75 Å². The minimum atomic E-state index is -0.356. The zero-order valence-corrected chi connectivity index (χ0v) is 11.2. The summed E-state index contributed by atoms with van der Waals surface area (Å²) in [6.07, 6.45) is 6.98. The number of aromatic hydroxyl groups is 1. The molecule has 2 rings (SSSR count). The quantitative estimate of drug-likeness (QED) is 0.769. The van der Waals surface area contributed by atoms with Crippen LogP contribution in [0.3, 0.4) is 0 Å². The molecule has 1 saturated carbocycles. The molecule has 1 aliphatic carbocycles. The standard InChI is InChI=1S/C14H21N3O2/c1-10-4-2-3-6-14(10,9-15)17-13(19)11-5-7-16-8-12(11)18/h5,7-8,10,18H,2-4,6,9,15H2,1H3,(H,17,19). The van der Waals surface area contributed by atoms with Crippen LogP contribution in [-0.4, -0.2) is 28.1 Å². The average molecular weight is 263 g/mol.